The molecule has 6 nitrogen and oxygen atoms in total. The Morgan fingerprint density at radius 3 is 2.65 bits per heavy atom. The van der Waals surface area contributed by atoms with Crippen molar-refractivity contribution in [2.75, 3.05) is 20.3 Å². The third kappa shape index (κ3) is 5.30. The number of hydrogen-bond acceptors (Lipinski definition) is 4. The first-order valence-corrected chi connectivity index (χ1v) is 10.1. The van der Waals surface area contributed by atoms with Crippen LogP contribution in [0.15, 0.2) is 30.3 Å². The third-order valence-corrected chi connectivity index (χ3v) is 5.38. The van der Waals surface area contributed by atoms with Crippen LogP contribution < -0.4 is 0 Å². The quantitative estimate of drug-likeness (QED) is 0.580. The van der Waals surface area contributed by atoms with E-state index in [-0.39, 0.29) is 45.0 Å². The number of carbonyl (C=O) groups is 1. The molecule has 1 saturated heterocycles. The molecule has 2 heterocycles. The van der Waals surface area contributed by atoms with Crippen molar-refractivity contribution < 1.29 is 14.3 Å². The molecule has 0 aliphatic carbocycles. The van der Waals surface area contributed by atoms with E-state index in [1.807, 2.05) is 20.8 Å². The first kappa shape index (κ1) is 25.4. The van der Waals surface area contributed by atoms with Crippen LogP contribution in [0.5, 0.6) is 0 Å². The number of aromatic nitrogens is 2. The summed E-state index contributed by atoms with van der Waals surface area (Å²) in [5.74, 6) is 1.06. The fourth-order valence-electron chi connectivity index (χ4n) is 4.16. The molecule has 0 radical (unpaired) electrons. The molecule has 31 heavy (non-hydrogen) atoms. The number of aryl methyl sites for hydroxylation is 1. The summed E-state index contributed by atoms with van der Waals surface area (Å²) in [6.07, 6.45) is 0.492. The zero-order valence-corrected chi connectivity index (χ0v) is 20.8. The van der Waals surface area contributed by atoms with Crippen molar-refractivity contribution in [3.8, 4) is 0 Å². The molecule has 1 aliphatic rings. The van der Waals surface area contributed by atoms with Gasteiger partial charge < -0.3 is 14.5 Å². The minimum atomic E-state index is -0.539. The van der Waals surface area contributed by atoms with Gasteiger partial charge in [-0.2, -0.15) is 27.0 Å². The van der Waals surface area contributed by atoms with E-state index >= 15 is 0 Å². The molecule has 8 heteroatoms. The number of amides is 1. The van der Waals surface area contributed by atoms with Gasteiger partial charge in [0, 0.05) is 25.0 Å². The van der Waals surface area contributed by atoms with Crippen molar-refractivity contribution in [1.29, 1.82) is 0 Å². The van der Waals surface area contributed by atoms with Gasteiger partial charge in [0.05, 0.1) is 23.7 Å². The normalized spacial score (nSPS) is 18.7. The molecular weight excluding hydrogens is 430 g/mol. The number of rotatable bonds is 3. The van der Waals surface area contributed by atoms with Gasteiger partial charge in [0.1, 0.15) is 11.4 Å². The average Bonchev–Trinajstić information content (AvgIpc) is 3.24. The molecule has 0 unspecified atom stereocenters. The Hall–Kier alpha value is -1.90. The number of hydrogen-bond donors (Lipinski definition) is 1. The summed E-state index contributed by atoms with van der Waals surface area (Å²) >= 11 is 0. The number of nitrogens with one attached hydrogen (secondary N) is 1. The van der Waals surface area contributed by atoms with Crippen LogP contribution in [0, 0.1) is 12.8 Å². The van der Waals surface area contributed by atoms with Crippen LogP contribution in [0.2, 0.25) is 0 Å². The SMILES string of the molecule is COC[C@H]1C[C@@H](c2nc3c(ccc4cc(C)ccc43)[nH]2)N(C(=O)OC(C)(C)C)C1.S.S. The summed E-state index contributed by atoms with van der Waals surface area (Å²) < 4.78 is 11.0. The van der Waals surface area contributed by atoms with E-state index in [0.29, 0.717) is 13.2 Å². The minimum Gasteiger partial charge on any atom is -0.444 e. The van der Waals surface area contributed by atoms with Gasteiger partial charge in [0.15, 0.2) is 0 Å². The Kier molecular flexibility index (Phi) is 7.94. The first-order valence-electron chi connectivity index (χ1n) is 10.1. The van der Waals surface area contributed by atoms with Crippen molar-refractivity contribution in [3.63, 3.8) is 0 Å². The molecule has 1 aliphatic heterocycles. The van der Waals surface area contributed by atoms with Gasteiger partial charge in [0.2, 0.25) is 0 Å². The second-order valence-electron chi connectivity index (χ2n) is 9.01. The molecule has 0 saturated carbocycles. The van der Waals surface area contributed by atoms with E-state index in [1.165, 1.54) is 10.9 Å². The summed E-state index contributed by atoms with van der Waals surface area (Å²) in [7, 11) is 1.69. The maximum atomic E-state index is 12.9. The summed E-state index contributed by atoms with van der Waals surface area (Å²) in [5, 5.41) is 2.29. The van der Waals surface area contributed by atoms with Crippen LogP contribution in [-0.2, 0) is 9.47 Å². The molecular formula is C23H33N3O3S2. The fourth-order valence-corrected chi connectivity index (χ4v) is 4.16. The Labute approximate surface area is 197 Å². The van der Waals surface area contributed by atoms with Crippen LogP contribution >= 0.6 is 27.0 Å². The molecule has 1 aromatic heterocycles. The molecule has 1 amide bonds. The second-order valence-corrected chi connectivity index (χ2v) is 9.01. The molecule has 2 atom stereocenters. The van der Waals surface area contributed by atoms with E-state index in [1.54, 1.807) is 12.0 Å². The topological polar surface area (TPSA) is 67.5 Å². The minimum absolute atomic E-state index is 0. The number of methoxy groups -OCH3 is 1. The van der Waals surface area contributed by atoms with Gasteiger partial charge in [-0.1, -0.05) is 29.8 Å². The summed E-state index contributed by atoms with van der Waals surface area (Å²) in [4.78, 5) is 23.1. The molecule has 3 aromatic rings. The molecule has 1 N–H and O–H groups in total. The molecule has 0 spiro atoms. The third-order valence-electron chi connectivity index (χ3n) is 5.38. The van der Waals surface area contributed by atoms with Crippen molar-refractivity contribution in [2.24, 2.45) is 5.92 Å². The molecule has 2 aromatic carbocycles. The lowest BCUT2D eigenvalue weighted by molar-refractivity contribution is 0.0209. The van der Waals surface area contributed by atoms with Crippen LogP contribution in [0.1, 0.15) is 44.6 Å². The van der Waals surface area contributed by atoms with Crippen LogP contribution in [0.4, 0.5) is 4.79 Å². The van der Waals surface area contributed by atoms with Gasteiger partial charge in [-0.25, -0.2) is 9.78 Å². The zero-order valence-electron chi connectivity index (χ0n) is 18.8. The Bertz CT molecular complexity index is 1060. The summed E-state index contributed by atoms with van der Waals surface area (Å²) in [6, 6.07) is 10.4. The van der Waals surface area contributed by atoms with Gasteiger partial charge in [0.25, 0.3) is 0 Å². The van der Waals surface area contributed by atoms with E-state index in [0.717, 1.165) is 28.7 Å². The van der Waals surface area contributed by atoms with Gasteiger partial charge in [-0.3, -0.25) is 4.90 Å². The first-order chi connectivity index (χ1) is 13.7. The predicted molar refractivity (Wildman–Crippen MR) is 135 cm³/mol. The number of fused-ring (bicyclic) bond motifs is 3. The summed E-state index contributed by atoms with van der Waals surface area (Å²) in [6.45, 7) is 8.96. The Morgan fingerprint density at radius 2 is 1.97 bits per heavy atom. The number of carbonyl (C=O) groups excluding carboxylic acids is 1. The van der Waals surface area contributed by atoms with Gasteiger partial charge in [-0.05, 0) is 45.6 Å². The van der Waals surface area contributed by atoms with E-state index in [2.05, 4.69) is 42.2 Å². The highest BCUT2D eigenvalue weighted by Gasteiger charge is 2.40. The van der Waals surface area contributed by atoms with Gasteiger partial charge >= 0.3 is 6.09 Å². The van der Waals surface area contributed by atoms with Crippen LogP contribution in [0.25, 0.3) is 21.8 Å². The highest BCUT2D eigenvalue weighted by atomic mass is 32.1. The number of aromatic amines is 1. The maximum absolute atomic E-state index is 12.9. The molecule has 170 valence electrons. The number of benzene rings is 2. The second kappa shape index (κ2) is 9.71. The fraction of sp³-hybridized carbons (Fsp3) is 0.478. The van der Waals surface area contributed by atoms with Crippen LogP contribution in [-0.4, -0.2) is 46.8 Å². The van der Waals surface area contributed by atoms with Crippen molar-refractivity contribution in [3.05, 3.63) is 41.7 Å². The molecule has 1 fully saturated rings. The summed E-state index contributed by atoms with van der Waals surface area (Å²) in [5.41, 5.74) is 2.61. The molecule has 0 bridgehead atoms. The van der Waals surface area contributed by atoms with Crippen molar-refractivity contribution in [1.82, 2.24) is 14.9 Å². The van der Waals surface area contributed by atoms with Crippen LogP contribution in [0.3, 0.4) is 0 Å². The van der Waals surface area contributed by atoms with E-state index in [9.17, 15) is 4.79 Å². The lowest BCUT2D eigenvalue weighted by Gasteiger charge is -2.27. The lowest BCUT2D eigenvalue weighted by atomic mass is 10.1. The highest BCUT2D eigenvalue weighted by Crippen LogP contribution is 2.37. The monoisotopic (exact) mass is 463 g/mol. The lowest BCUT2D eigenvalue weighted by Crippen LogP contribution is -2.37. The Balaban J connectivity index is 0.00000171. The largest absolute Gasteiger partial charge is 0.444 e. The Morgan fingerprint density at radius 1 is 1.23 bits per heavy atom. The smallest absolute Gasteiger partial charge is 0.410 e. The predicted octanol–water partition coefficient (Wildman–Crippen LogP) is 5.19. The molecule has 4 rings (SSSR count). The number of ether oxygens (including phenoxy) is 2. The zero-order chi connectivity index (χ0) is 20.8. The van der Waals surface area contributed by atoms with Gasteiger partial charge in [-0.15, -0.1) is 0 Å². The maximum Gasteiger partial charge on any atom is 0.410 e. The van der Waals surface area contributed by atoms with Crippen molar-refractivity contribution >= 4 is 54.9 Å². The van der Waals surface area contributed by atoms with E-state index in [4.69, 9.17) is 14.5 Å². The average molecular weight is 464 g/mol. The van der Waals surface area contributed by atoms with E-state index < -0.39 is 5.60 Å². The number of nitrogens with zero attached hydrogens (tertiary/aromatic N) is 2. The standard InChI is InChI=1S/C23H29N3O3.2H2S/c1-14-6-8-17-16(10-14)7-9-18-20(17)25-21(24-18)19-11-15(13-28-5)12-26(19)22(27)29-23(2,3)4;;/h6-10,15,19H,11-13H2,1-5H3,(H,24,25);2*1H2/t15-,19-;;/m0../s1. The number of likely N-dealkylation sites (tertiary alicyclic amines) is 1. The number of imidazole rings is 1. The number of H-pyrrole nitrogens is 1. The van der Waals surface area contributed by atoms with Crippen molar-refractivity contribution in [2.45, 2.75) is 45.8 Å². The highest BCUT2D eigenvalue weighted by molar-refractivity contribution is 7.59.